The number of ether oxygens (including phenoxy) is 1. The third kappa shape index (κ3) is 4.31. The molecule has 1 amide bonds. The van der Waals surface area contributed by atoms with Crippen LogP contribution in [0.3, 0.4) is 0 Å². The van der Waals surface area contributed by atoms with Crippen LogP contribution in [0.4, 0.5) is 5.69 Å². The molecule has 4 nitrogen and oxygen atoms in total. The fourth-order valence-corrected chi connectivity index (χ4v) is 2.35. The van der Waals surface area contributed by atoms with Crippen molar-refractivity contribution in [1.82, 2.24) is 4.98 Å². The highest BCUT2D eigenvalue weighted by molar-refractivity contribution is 5.94. The van der Waals surface area contributed by atoms with Crippen LogP contribution in [0.5, 0.6) is 5.75 Å². The lowest BCUT2D eigenvalue weighted by molar-refractivity contribution is -0.122. The van der Waals surface area contributed by atoms with Gasteiger partial charge >= 0.3 is 0 Å². The van der Waals surface area contributed by atoms with Crippen molar-refractivity contribution in [3.8, 4) is 5.75 Å². The first-order chi connectivity index (χ1) is 11.0. The predicted molar refractivity (Wildman–Crippen MR) is 92.8 cm³/mol. The second-order valence-corrected chi connectivity index (χ2v) is 5.89. The van der Waals surface area contributed by atoms with Crippen molar-refractivity contribution in [1.29, 1.82) is 0 Å². The molecule has 2 rings (SSSR count). The summed E-state index contributed by atoms with van der Waals surface area (Å²) in [6, 6.07) is 9.74. The molecule has 1 aromatic carbocycles. The number of para-hydroxylation sites is 1. The van der Waals surface area contributed by atoms with Gasteiger partial charge in [-0.25, -0.2) is 0 Å². The van der Waals surface area contributed by atoms with Crippen LogP contribution in [0.15, 0.2) is 42.7 Å². The van der Waals surface area contributed by atoms with Crippen LogP contribution >= 0.6 is 0 Å². The van der Waals surface area contributed by atoms with Crippen molar-refractivity contribution in [2.45, 2.75) is 46.1 Å². The molecule has 0 fully saturated rings. The van der Waals surface area contributed by atoms with E-state index in [1.807, 2.05) is 44.2 Å². The Morgan fingerprint density at radius 2 is 2.00 bits per heavy atom. The molecule has 1 heterocycles. The number of aromatic nitrogens is 1. The number of nitrogens with one attached hydrogen (secondary N) is 1. The van der Waals surface area contributed by atoms with Crippen LogP contribution in [-0.4, -0.2) is 17.0 Å². The average molecular weight is 312 g/mol. The summed E-state index contributed by atoms with van der Waals surface area (Å²) in [5.74, 6) is 0.960. The van der Waals surface area contributed by atoms with Crippen LogP contribution < -0.4 is 10.1 Å². The third-order valence-electron chi connectivity index (χ3n) is 3.77. The van der Waals surface area contributed by atoms with Gasteiger partial charge in [0.2, 0.25) is 0 Å². The fourth-order valence-electron chi connectivity index (χ4n) is 2.35. The molecule has 0 saturated heterocycles. The van der Waals surface area contributed by atoms with Gasteiger partial charge in [-0.1, -0.05) is 39.0 Å². The van der Waals surface area contributed by atoms with Crippen molar-refractivity contribution >= 4 is 11.6 Å². The fraction of sp³-hybridized carbons (Fsp3) is 0.368. The monoisotopic (exact) mass is 312 g/mol. The van der Waals surface area contributed by atoms with Gasteiger partial charge in [-0.3, -0.25) is 9.78 Å². The zero-order valence-electron chi connectivity index (χ0n) is 14.2. The van der Waals surface area contributed by atoms with E-state index in [9.17, 15) is 4.79 Å². The number of hydrogen-bond acceptors (Lipinski definition) is 3. The van der Waals surface area contributed by atoms with Crippen molar-refractivity contribution in [3.05, 3.63) is 53.9 Å². The number of anilines is 1. The largest absolute Gasteiger partial charge is 0.480 e. The van der Waals surface area contributed by atoms with E-state index < -0.39 is 6.10 Å². The van der Waals surface area contributed by atoms with Crippen molar-refractivity contribution in [2.75, 3.05) is 5.32 Å². The Kier molecular flexibility index (Phi) is 5.74. The molecule has 0 aliphatic carbocycles. The summed E-state index contributed by atoms with van der Waals surface area (Å²) in [6.45, 7) is 8.11. The van der Waals surface area contributed by atoms with Crippen molar-refractivity contribution < 1.29 is 9.53 Å². The zero-order chi connectivity index (χ0) is 16.8. The minimum atomic E-state index is -0.533. The first kappa shape index (κ1) is 17.0. The molecule has 1 atom stereocenters. The lowest BCUT2D eigenvalue weighted by Crippen LogP contribution is -2.33. The number of rotatable bonds is 6. The Hall–Kier alpha value is -2.36. The molecule has 2 aromatic rings. The Morgan fingerprint density at radius 3 is 2.65 bits per heavy atom. The van der Waals surface area contributed by atoms with E-state index in [1.165, 1.54) is 0 Å². The van der Waals surface area contributed by atoms with E-state index in [-0.39, 0.29) is 5.91 Å². The van der Waals surface area contributed by atoms with E-state index in [0.717, 1.165) is 22.6 Å². The summed E-state index contributed by atoms with van der Waals surface area (Å²) in [6.07, 6.45) is 3.42. The van der Waals surface area contributed by atoms with Gasteiger partial charge in [-0.05, 0) is 42.5 Å². The molecule has 23 heavy (non-hydrogen) atoms. The first-order valence-corrected chi connectivity index (χ1v) is 8.00. The van der Waals surface area contributed by atoms with E-state index >= 15 is 0 Å². The third-order valence-corrected chi connectivity index (χ3v) is 3.77. The number of benzene rings is 1. The van der Waals surface area contributed by atoms with Gasteiger partial charge in [0.1, 0.15) is 5.75 Å². The van der Waals surface area contributed by atoms with Crippen LogP contribution in [0.25, 0.3) is 0 Å². The smallest absolute Gasteiger partial charge is 0.265 e. The topological polar surface area (TPSA) is 51.2 Å². The van der Waals surface area contributed by atoms with Crippen LogP contribution in [0, 0.1) is 6.92 Å². The summed E-state index contributed by atoms with van der Waals surface area (Å²) < 4.78 is 6.00. The lowest BCUT2D eigenvalue weighted by Gasteiger charge is -2.21. The molecular formula is C19H24N2O2. The van der Waals surface area contributed by atoms with E-state index in [2.05, 4.69) is 24.1 Å². The van der Waals surface area contributed by atoms with Crippen molar-refractivity contribution in [3.63, 3.8) is 0 Å². The normalized spacial score (nSPS) is 12.0. The first-order valence-electron chi connectivity index (χ1n) is 8.00. The summed E-state index contributed by atoms with van der Waals surface area (Å²) >= 11 is 0. The van der Waals surface area contributed by atoms with Gasteiger partial charge in [0.05, 0.1) is 11.9 Å². The van der Waals surface area contributed by atoms with E-state index in [0.29, 0.717) is 12.3 Å². The molecule has 0 spiro atoms. The number of amides is 1. The Morgan fingerprint density at radius 1 is 1.26 bits per heavy atom. The molecule has 0 aliphatic heterocycles. The Bertz CT molecular complexity index is 668. The van der Waals surface area contributed by atoms with Crippen LogP contribution in [0.2, 0.25) is 0 Å². The molecule has 1 aromatic heterocycles. The molecule has 0 saturated carbocycles. The van der Waals surface area contributed by atoms with Gasteiger partial charge in [0, 0.05) is 6.20 Å². The highest BCUT2D eigenvalue weighted by atomic mass is 16.5. The van der Waals surface area contributed by atoms with Gasteiger partial charge in [0.25, 0.3) is 5.91 Å². The molecule has 0 radical (unpaired) electrons. The quantitative estimate of drug-likeness (QED) is 0.864. The van der Waals surface area contributed by atoms with Gasteiger partial charge < -0.3 is 10.1 Å². The number of carbonyl (C=O) groups is 1. The summed E-state index contributed by atoms with van der Waals surface area (Å²) in [5.41, 5.74) is 2.80. The summed E-state index contributed by atoms with van der Waals surface area (Å²) in [7, 11) is 0. The minimum Gasteiger partial charge on any atom is -0.480 e. The van der Waals surface area contributed by atoms with Crippen LogP contribution in [-0.2, 0) is 4.79 Å². The standard InChI is InChI=1S/C19H24N2O2/c1-5-17(19(22)21-16-12-20-11-10-14(16)4)23-18-9-7-6-8-15(18)13(2)3/h6-13,17H,5H2,1-4H3,(H,21,22). The van der Waals surface area contributed by atoms with E-state index in [4.69, 9.17) is 4.74 Å². The SMILES string of the molecule is CCC(Oc1ccccc1C(C)C)C(=O)Nc1cnccc1C. The lowest BCUT2D eigenvalue weighted by atomic mass is 10.0. The van der Waals surface area contributed by atoms with Gasteiger partial charge in [0.15, 0.2) is 6.10 Å². The number of aryl methyl sites for hydroxylation is 1. The average Bonchev–Trinajstić information content (AvgIpc) is 2.54. The highest BCUT2D eigenvalue weighted by Gasteiger charge is 2.21. The second-order valence-electron chi connectivity index (χ2n) is 5.89. The predicted octanol–water partition coefficient (Wildman–Crippen LogP) is 4.31. The maximum atomic E-state index is 12.5. The second kappa shape index (κ2) is 7.77. The number of pyridine rings is 1. The molecule has 0 bridgehead atoms. The van der Waals surface area contributed by atoms with Gasteiger partial charge in [-0.2, -0.15) is 0 Å². The number of hydrogen-bond donors (Lipinski definition) is 1. The Balaban J connectivity index is 2.14. The zero-order valence-corrected chi connectivity index (χ0v) is 14.2. The number of nitrogens with zero attached hydrogens (tertiary/aromatic N) is 1. The molecule has 1 N–H and O–H groups in total. The number of carbonyl (C=O) groups excluding carboxylic acids is 1. The van der Waals surface area contributed by atoms with E-state index in [1.54, 1.807) is 12.4 Å². The Labute approximate surface area is 137 Å². The molecule has 1 unspecified atom stereocenters. The highest BCUT2D eigenvalue weighted by Crippen LogP contribution is 2.27. The van der Waals surface area contributed by atoms with Crippen molar-refractivity contribution in [2.24, 2.45) is 0 Å². The van der Waals surface area contributed by atoms with Crippen LogP contribution in [0.1, 0.15) is 44.2 Å². The molecular weight excluding hydrogens is 288 g/mol. The summed E-state index contributed by atoms with van der Waals surface area (Å²) in [5, 5.41) is 2.90. The molecule has 122 valence electrons. The van der Waals surface area contributed by atoms with Gasteiger partial charge in [-0.15, -0.1) is 0 Å². The molecule has 4 heteroatoms. The minimum absolute atomic E-state index is 0.151. The maximum absolute atomic E-state index is 12.5. The maximum Gasteiger partial charge on any atom is 0.265 e. The summed E-state index contributed by atoms with van der Waals surface area (Å²) in [4.78, 5) is 16.6. The molecule has 0 aliphatic rings.